The summed E-state index contributed by atoms with van der Waals surface area (Å²) in [6.07, 6.45) is 6.25. The van der Waals surface area contributed by atoms with E-state index in [1.165, 1.54) is 0 Å². The first kappa shape index (κ1) is 18.0. The van der Waals surface area contributed by atoms with E-state index in [0.717, 1.165) is 19.3 Å². The van der Waals surface area contributed by atoms with E-state index in [4.69, 9.17) is 5.11 Å². The van der Waals surface area contributed by atoms with Crippen molar-refractivity contribution in [1.29, 1.82) is 0 Å². The van der Waals surface area contributed by atoms with Crippen LogP contribution < -0.4 is 0 Å². The van der Waals surface area contributed by atoms with Crippen LogP contribution in [0, 0.1) is 0 Å². The van der Waals surface area contributed by atoms with E-state index < -0.39 is 12.1 Å². The number of nitrogens with zero attached hydrogens (tertiary/aromatic N) is 1. The van der Waals surface area contributed by atoms with Gasteiger partial charge in [0, 0.05) is 6.54 Å². The standard InChI is InChI=1S/C14H24FNO2S/c1-3-8-13(19)16(11-14(17)18)10-7-5-6-9-12(15)4-2/h3,8,12,19H,1,4-7,9-11H2,2H3,(H,17,18)/b13-8-/t12-/m1/s1. The molecule has 19 heavy (non-hydrogen) atoms. The van der Waals surface area contributed by atoms with Gasteiger partial charge in [0.2, 0.25) is 0 Å². The molecule has 0 aromatic heterocycles. The Bertz CT molecular complexity index is 308. The van der Waals surface area contributed by atoms with Crippen LogP contribution in [0.2, 0.25) is 0 Å². The Morgan fingerprint density at radius 2 is 2.16 bits per heavy atom. The quantitative estimate of drug-likeness (QED) is 0.346. The van der Waals surface area contributed by atoms with E-state index in [1.807, 2.05) is 6.92 Å². The smallest absolute Gasteiger partial charge is 0.323 e. The Morgan fingerprint density at radius 1 is 1.47 bits per heavy atom. The first-order valence-electron chi connectivity index (χ1n) is 6.63. The number of rotatable bonds is 11. The molecule has 110 valence electrons. The first-order valence-corrected chi connectivity index (χ1v) is 7.08. The second-order valence-corrected chi connectivity index (χ2v) is 4.89. The molecular formula is C14H24FNO2S. The summed E-state index contributed by atoms with van der Waals surface area (Å²) in [6.45, 7) is 5.93. The molecule has 0 saturated carbocycles. The molecule has 1 N–H and O–H groups in total. The van der Waals surface area contributed by atoms with Crippen molar-refractivity contribution in [3.63, 3.8) is 0 Å². The zero-order valence-corrected chi connectivity index (χ0v) is 12.4. The van der Waals surface area contributed by atoms with E-state index in [2.05, 4.69) is 19.2 Å². The predicted octanol–water partition coefficient (Wildman–Crippen LogP) is 3.64. The van der Waals surface area contributed by atoms with Crippen molar-refractivity contribution in [2.24, 2.45) is 0 Å². The molecule has 0 aromatic rings. The summed E-state index contributed by atoms with van der Waals surface area (Å²) in [5.74, 6) is -0.890. The number of thiol groups is 1. The van der Waals surface area contributed by atoms with Crippen molar-refractivity contribution in [2.75, 3.05) is 13.1 Å². The van der Waals surface area contributed by atoms with Gasteiger partial charge in [-0.2, -0.15) is 0 Å². The lowest BCUT2D eigenvalue weighted by Crippen LogP contribution is -2.28. The third-order valence-electron chi connectivity index (χ3n) is 2.81. The molecule has 0 fully saturated rings. The second kappa shape index (κ2) is 10.9. The van der Waals surface area contributed by atoms with E-state index in [-0.39, 0.29) is 6.54 Å². The second-order valence-electron chi connectivity index (χ2n) is 4.43. The molecule has 0 spiro atoms. The Kier molecular flexibility index (Phi) is 10.4. The van der Waals surface area contributed by atoms with Crippen molar-refractivity contribution >= 4 is 18.6 Å². The van der Waals surface area contributed by atoms with Gasteiger partial charge >= 0.3 is 5.97 Å². The molecule has 5 heteroatoms. The van der Waals surface area contributed by atoms with Gasteiger partial charge in [-0.25, -0.2) is 4.39 Å². The van der Waals surface area contributed by atoms with Crippen molar-refractivity contribution in [3.8, 4) is 0 Å². The minimum atomic E-state index is -0.890. The van der Waals surface area contributed by atoms with E-state index in [1.54, 1.807) is 17.1 Å². The molecule has 0 bridgehead atoms. The van der Waals surface area contributed by atoms with Crippen molar-refractivity contribution < 1.29 is 14.3 Å². The summed E-state index contributed by atoms with van der Waals surface area (Å²) >= 11 is 4.25. The largest absolute Gasteiger partial charge is 0.480 e. The topological polar surface area (TPSA) is 40.5 Å². The SMILES string of the molecule is C=C/C=C(\S)N(CCCCC[C@H](F)CC)CC(=O)O. The normalized spacial score (nSPS) is 13.1. The van der Waals surface area contributed by atoms with Gasteiger partial charge in [-0.05, 0) is 25.3 Å². The lowest BCUT2D eigenvalue weighted by atomic mass is 10.1. The van der Waals surface area contributed by atoms with Crippen LogP contribution in [0.4, 0.5) is 4.39 Å². The van der Waals surface area contributed by atoms with Crippen LogP contribution in [0.15, 0.2) is 23.8 Å². The van der Waals surface area contributed by atoms with E-state index >= 15 is 0 Å². The van der Waals surface area contributed by atoms with Gasteiger partial charge < -0.3 is 10.0 Å². The fourth-order valence-electron chi connectivity index (χ4n) is 1.70. The van der Waals surface area contributed by atoms with Gasteiger partial charge in [0.15, 0.2) is 0 Å². The summed E-state index contributed by atoms with van der Waals surface area (Å²) in [6, 6.07) is 0. The third kappa shape index (κ3) is 9.59. The highest BCUT2D eigenvalue weighted by molar-refractivity contribution is 7.84. The Morgan fingerprint density at radius 3 is 2.68 bits per heavy atom. The van der Waals surface area contributed by atoms with Gasteiger partial charge in [0.05, 0.1) is 11.2 Å². The monoisotopic (exact) mass is 289 g/mol. The maximum atomic E-state index is 13.0. The minimum absolute atomic E-state index is 0.0795. The van der Waals surface area contributed by atoms with Crippen molar-refractivity contribution in [1.82, 2.24) is 4.90 Å². The molecule has 0 radical (unpaired) electrons. The summed E-state index contributed by atoms with van der Waals surface area (Å²) in [5.41, 5.74) is 0. The van der Waals surface area contributed by atoms with Crippen LogP contribution in [0.5, 0.6) is 0 Å². The molecule has 0 unspecified atom stereocenters. The maximum Gasteiger partial charge on any atom is 0.323 e. The fraction of sp³-hybridized carbons (Fsp3) is 0.643. The van der Waals surface area contributed by atoms with Crippen LogP contribution in [-0.2, 0) is 4.79 Å². The van der Waals surface area contributed by atoms with Crippen LogP contribution in [0.25, 0.3) is 0 Å². The summed E-state index contributed by atoms with van der Waals surface area (Å²) in [7, 11) is 0. The Balaban J connectivity index is 4.03. The van der Waals surface area contributed by atoms with Crippen molar-refractivity contribution in [3.05, 3.63) is 23.8 Å². The fourth-order valence-corrected chi connectivity index (χ4v) is 1.97. The molecular weight excluding hydrogens is 265 g/mol. The molecule has 0 heterocycles. The Labute approximate surface area is 120 Å². The van der Waals surface area contributed by atoms with E-state index in [9.17, 15) is 9.18 Å². The number of halogens is 1. The summed E-state index contributed by atoms with van der Waals surface area (Å²) in [4.78, 5) is 12.4. The number of allylic oxidation sites excluding steroid dienone is 2. The minimum Gasteiger partial charge on any atom is -0.480 e. The molecule has 1 atom stereocenters. The molecule has 0 rings (SSSR count). The van der Waals surface area contributed by atoms with Crippen LogP contribution in [0.1, 0.15) is 39.0 Å². The highest BCUT2D eigenvalue weighted by Crippen LogP contribution is 2.13. The van der Waals surface area contributed by atoms with Crippen LogP contribution in [0.3, 0.4) is 0 Å². The van der Waals surface area contributed by atoms with Gasteiger partial charge in [0.25, 0.3) is 0 Å². The predicted molar refractivity (Wildman–Crippen MR) is 80.1 cm³/mol. The number of alkyl halides is 1. The van der Waals surface area contributed by atoms with Crippen LogP contribution in [-0.4, -0.2) is 35.2 Å². The summed E-state index contributed by atoms with van der Waals surface area (Å²) in [5, 5.41) is 9.42. The number of unbranched alkanes of at least 4 members (excludes halogenated alkanes) is 2. The maximum absolute atomic E-state index is 13.0. The highest BCUT2D eigenvalue weighted by atomic mass is 32.1. The highest BCUT2D eigenvalue weighted by Gasteiger charge is 2.10. The molecule has 0 aliphatic heterocycles. The van der Waals surface area contributed by atoms with Crippen LogP contribution >= 0.6 is 12.6 Å². The van der Waals surface area contributed by atoms with Crippen molar-refractivity contribution in [2.45, 2.75) is 45.2 Å². The van der Waals surface area contributed by atoms with Gasteiger partial charge in [-0.3, -0.25) is 4.79 Å². The summed E-state index contributed by atoms with van der Waals surface area (Å²) < 4.78 is 13.0. The number of hydrogen-bond acceptors (Lipinski definition) is 3. The first-order chi connectivity index (χ1) is 9.01. The number of carbonyl (C=O) groups is 1. The molecule has 0 saturated heterocycles. The molecule has 0 aliphatic carbocycles. The zero-order chi connectivity index (χ0) is 14.7. The molecule has 0 aromatic carbocycles. The number of aliphatic carboxylic acids is 1. The average molecular weight is 289 g/mol. The zero-order valence-electron chi connectivity index (χ0n) is 11.5. The molecule has 0 amide bonds. The molecule has 0 aliphatic rings. The van der Waals surface area contributed by atoms with Gasteiger partial charge in [0.1, 0.15) is 6.54 Å². The lowest BCUT2D eigenvalue weighted by Gasteiger charge is -2.22. The molecule has 3 nitrogen and oxygen atoms in total. The number of carboxylic acids is 1. The van der Waals surface area contributed by atoms with Gasteiger partial charge in [-0.15, -0.1) is 12.6 Å². The number of carboxylic acid groups (broad SMARTS) is 1. The van der Waals surface area contributed by atoms with E-state index in [0.29, 0.717) is 24.4 Å². The third-order valence-corrected chi connectivity index (χ3v) is 3.24. The Hall–Kier alpha value is -0.970. The number of hydrogen-bond donors (Lipinski definition) is 2. The lowest BCUT2D eigenvalue weighted by molar-refractivity contribution is -0.137. The average Bonchev–Trinajstić information content (AvgIpc) is 2.36. The van der Waals surface area contributed by atoms with Gasteiger partial charge in [-0.1, -0.05) is 32.4 Å².